The Bertz CT molecular complexity index is 885. The quantitative estimate of drug-likeness (QED) is 0.661. The van der Waals surface area contributed by atoms with Gasteiger partial charge in [-0.1, -0.05) is 0 Å². The Morgan fingerprint density at radius 3 is 2.42 bits per heavy atom. The number of hydrogen-bond donors (Lipinski definition) is 0. The van der Waals surface area contributed by atoms with Crippen molar-refractivity contribution < 1.29 is 9.13 Å². The molecule has 1 aromatic heterocycles. The van der Waals surface area contributed by atoms with Gasteiger partial charge in [0, 0.05) is 24.5 Å². The minimum Gasteiger partial charge on any atom is -0.378 e. The van der Waals surface area contributed by atoms with E-state index in [4.69, 9.17) is 4.74 Å². The van der Waals surface area contributed by atoms with Gasteiger partial charge >= 0.3 is 0 Å². The second-order valence-electron chi connectivity index (χ2n) is 5.84. The van der Waals surface area contributed by atoms with Crippen LogP contribution in [-0.2, 0) is 4.74 Å². The molecule has 2 aromatic carbocycles. The van der Waals surface area contributed by atoms with Gasteiger partial charge < -0.3 is 9.64 Å². The van der Waals surface area contributed by atoms with E-state index in [1.54, 1.807) is 6.07 Å². The van der Waals surface area contributed by atoms with Crippen LogP contribution in [0.3, 0.4) is 0 Å². The highest BCUT2D eigenvalue weighted by Gasteiger charge is 2.16. The number of imidazole rings is 1. The molecule has 2 heterocycles. The SMILES string of the molecule is Cc1nc2ccc(Br)c(F)c2n1-c1ccc(N2CCOCC2)cc1. The van der Waals surface area contributed by atoms with Crippen molar-refractivity contribution in [3.05, 3.63) is 52.5 Å². The predicted molar refractivity (Wildman–Crippen MR) is 96.5 cm³/mol. The predicted octanol–water partition coefficient (Wildman–Crippen LogP) is 4.07. The highest BCUT2D eigenvalue weighted by atomic mass is 79.9. The summed E-state index contributed by atoms with van der Waals surface area (Å²) in [6.07, 6.45) is 0. The molecule has 0 atom stereocenters. The van der Waals surface area contributed by atoms with Gasteiger partial charge in [-0.15, -0.1) is 0 Å². The number of ether oxygens (including phenoxy) is 1. The van der Waals surface area contributed by atoms with Crippen LogP contribution in [0.15, 0.2) is 40.9 Å². The van der Waals surface area contributed by atoms with Crippen LogP contribution < -0.4 is 4.90 Å². The standard InChI is InChI=1S/C18H17BrFN3O/c1-12-21-16-7-6-15(19)17(20)18(16)23(12)14-4-2-13(3-5-14)22-8-10-24-11-9-22/h2-7H,8-11H2,1H3. The minimum atomic E-state index is -0.287. The fourth-order valence-corrected chi connectivity index (χ4v) is 3.49. The first-order valence-corrected chi connectivity index (χ1v) is 8.70. The average Bonchev–Trinajstić information content (AvgIpc) is 2.96. The number of aromatic nitrogens is 2. The Labute approximate surface area is 148 Å². The van der Waals surface area contributed by atoms with Gasteiger partial charge in [-0.05, 0) is 59.3 Å². The van der Waals surface area contributed by atoms with E-state index >= 15 is 0 Å². The zero-order valence-electron chi connectivity index (χ0n) is 13.3. The number of hydrogen-bond acceptors (Lipinski definition) is 3. The smallest absolute Gasteiger partial charge is 0.163 e. The normalized spacial score (nSPS) is 15.2. The summed E-state index contributed by atoms with van der Waals surface area (Å²) in [7, 11) is 0. The number of rotatable bonds is 2. The van der Waals surface area contributed by atoms with Crippen LogP contribution in [0, 0.1) is 12.7 Å². The average molecular weight is 390 g/mol. The van der Waals surface area contributed by atoms with Gasteiger partial charge in [-0.25, -0.2) is 9.37 Å². The summed E-state index contributed by atoms with van der Waals surface area (Å²) >= 11 is 3.26. The van der Waals surface area contributed by atoms with E-state index in [1.807, 2.05) is 29.7 Å². The zero-order valence-corrected chi connectivity index (χ0v) is 14.9. The molecule has 1 fully saturated rings. The van der Waals surface area contributed by atoms with Crippen molar-refractivity contribution in [3.63, 3.8) is 0 Å². The van der Waals surface area contributed by atoms with E-state index in [0.29, 0.717) is 15.5 Å². The number of nitrogens with zero attached hydrogens (tertiary/aromatic N) is 3. The molecule has 4 rings (SSSR count). The summed E-state index contributed by atoms with van der Waals surface area (Å²) in [5.41, 5.74) is 3.22. The van der Waals surface area contributed by atoms with Crippen molar-refractivity contribution >= 4 is 32.7 Å². The van der Waals surface area contributed by atoms with E-state index in [1.165, 1.54) is 0 Å². The Balaban J connectivity index is 1.77. The first-order valence-electron chi connectivity index (χ1n) is 7.91. The maximum Gasteiger partial charge on any atom is 0.163 e. The van der Waals surface area contributed by atoms with Crippen molar-refractivity contribution in [1.29, 1.82) is 0 Å². The molecule has 1 aliphatic heterocycles. The van der Waals surface area contributed by atoms with Crippen LogP contribution in [0.4, 0.5) is 10.1 Å². The van der Waals surface area contributed by atoms with Gasteiger partial charge in [0.15, 0.2) is 5.82 Å². The molecule has 4 nitrogen and oxygen atoms in total. The first kappa shape index (κ1) is 15.6. The molecule has 6 heteroatoms. The van der Waals surface area contributed by atoms with E-state index < -0.39 is 0 Å². The molecule has 1 saturated heterocycles. The third-order valence-electron chi connectivity index (χ3n) is 4.36. The number of fused-ring (bicyclic) bond motifs is 1. The second-order valence-corrected chi connectivity index (χ2v) is 6.69. The summed E-state index contributed by atoms with van der Waals surface area (Å²) in [5.74, 6) is 0.478. The van der Waals surface area contributed by atoms with Gasteiger partial charge in [-0.3, -0.25) is 4.57 Å². The molecule has 0 aliphatic carbocycles. The van der Waals surface area contributed by atoms with Crippen molar-refractivity contribution in [2.75, 3.05) is 31.2 Å². The van der Waals surface area contributed by atoms with Crippen molar-refractivity contribution in [1.82, 2.24) is 9.55 Å². The molecule has 0 saturated carbocycles. The van der Waals surface area contributed by atoms with Gasteiger partial charge in [0.2, 0.25) is 0 Å². The van der Waals surface area contributed by atoms with E-state index in [9.17, 15) is 4.39 Å². The van der Waals surface area contributed by atoms with E-state index in [0.717, 1.165) is 43.5 Å². The Kier molecular flexibility index (Phi) is 4.02. The van der Waals surface area contributed by atoms with Crippen molar-refractivity contribution in [2.45, 2.75) is 6.92 Å². The summed E-state index contributed by atoms with van der Waals surface area (Å²) < 4.78 is 22.3. The molecular weight excluding hydrogens is 373 g/mol. The van der Waals surface area contributed by atoms with Crippen LogP contribution in [-0.4, -0.2) is 35.9 Å². The molecule has 1 aliphatic rings. The van der Waals surface area contributed by atoms with Crippen LogP contribution >= 0.6 is 15.9 Å². The highest BCUT2D eigenvalue weighted by Crippen LogP contribution is 2.29. The summed E-state index contributed by atoms with van der Waals surface area (Å²) in [4.78, 5) is 6.77. The summed E-state index contributed by atoms with van der Waals surface area (Å²) in [6, 6.07) is 11.7. The molecular formula is C18H17BrFN3O. The first-order chi connectivity index (χ1) is 11.6. The van der Waals surface area contributed by atoms with Crippen molar-refractivity contribution in [2.24, 2.45) is 0 Å². The fraction of sp³-hybridized carbons (Fsp3) is 0.278. The van der Waals surface area contributed by atoms with Gasteiger partial charge in [-0.2, -0.15) is 0 Å². The number of anilines is 1. The molecule has 24 heavy (non-hydrogen) atoms. The van der Waals surface area contributed by atoms with E-state index in [2.05, 4.69) is 37.9 Å². The minimum absolute atomic E-state index is 0.287. The zero-order chi connectivity index (χ0) is 16.7. The maximum absolute atomic E-state index is 14.6. The summed E-state index contributed by atoms with van der Waals surface area (Å²) in [6.45, 7) is 5.20. The van der Waals surface area contributed by atoms with Gasteiger partial charge in [0.1, 0.15) is 11.3 Å². The lowest BCUT2D eigenvalue weighted by Gasteiger charge is -2.29. The number of morpholine rings is 1. The van der Waals surface area contributed by atoms with Crippen molar-refractivity contribution in [3.8, 4) is 5.69 Å². The topological polar surface area (TPSA) is 30.3 Å². The number of halogens is 2. The number of aryl methyl sites for hydroxylation is 1. The van der Waals surface area contributed by atoms with Crippen LogP contribution in [0.2, 0.25) is 0 Å². The molecule has 0 bridgehead atoms. The Morgan fingerprint density at radius 2 is 1.71 bits per heavy atom. The highest BCUT2D eigenvalue weighted by molar-refractivity contribution is 9.10. The Morgan fingerprint density at radius 1 is 1.04 bits per heavy atom. The molecule has 0 unspecified atom stereocenters. The summed E-state index contributed by atoms with van der Waals surface area (Å²) in [5, 5.41) is 0. The molecule has 124 valence electrons. The lowest BCUT2D eigenvalue weighted by atomic mass is 10.2. The van der Waals surface area contributed by atoms with Crippen LogP contribution in [0.5, 0.6) is 0 Å². The Hall–Kier alpha value is -1.92. The lowest BCUT2D eigenvalue weighted by Crippen LogP contribution is -2.36. The third kappa shape index (κ3) is 2.59. The maximum atomic E-state index is 14.6. The largest absolute Gasteiger partial charge is 0.378 e. The number of benzene rings is 2. The molecule has 0 radical (unpaired) electrons. The molecule has 0 amide bonds. The van der Waals surface area contributed by atoms with Gasteiger partial charge in [0.25, 0.3) is 0 Å². The molecule has 0 N–H and O–H groups in total. The molecule has 3 aromatic rings. The van der Waals surface area contributed by atoms with Gasteiger partial charge in [0.05, 0.1) is 23.2 Å². The van der Waals surface area contributed by atoms with Crippen LogP contribution in [0.25, 0.3) is 16.7 Å². The molecule has 0 spiro atoms. The fourth-order valence-electron chi connectivity index (χ4n) is 3.17. The third-order valence-corrected chi connectivity index (χ3v) is 4.97. The lowest BCUT2D eigenvalue weighted by molar-refractivity contribution is 0.122. The van der Waals surface area contributed by atoms with Crippen LogP contribution in [0.1, 0.15) is 5.82 Å². The monoisotopic (exact) mass is 389 g/mol. The van der Waals surface area contributed by atoms with E-state index in [-0.39, 0.29) is 5.82 Å². The second kappa shape index (κ2) is 6.18.